The normalized spacial score (nSPS) is 15.0. The first kappa shape index (κ1) is 26.3. The number of aromatic nitrogens is 1. The lowest BCUT2D eigenvalue weighted by Gasteiger charge is -2.48. The van der Waals surface area contributed by atoms with E-state index in [1.165, 1.54) is 82.4 Å². The Morgan fingerprint density at radius 1 is 0.400 bits per heavy atom. The van der Waals surface area contributed by atoms with Crippen LogP contribution in [0.4, 0.5) is 0 Å². The van der Waals surface area contributed by atoms with Gasteiger partial charge in [0, 0.05) is 16.5 Å². The maximum absolute atomic E-state index is 2.49. The Kier molecular flexibility index (Phi) is 5.37. The van der Waals surface area contributed by atoms with Crippen LogP contribution in [0.15, 0.2) is 140 Å². The second-order valence-corrected chi connectivity index (χ2v) is 13.8. The summed E-state index contributed by atoms with van der Waals surface area (Å²) in [6, 6.07) is 51.9. The molecule has 7 aromatic carbocycles. The molecule has 0 amide bonds. The monoisotopic (exact) mass is 577 g/mol. The van der Waals surface area contributed by atoms with Crippen molar-refractivity contribution in [3.05, 3.63) is 151 Å². The van der Waals surface area contributed by atoms with Gasteiger partial charge in [-0.2, -0.15) is 0 Å². The van der Waals surface area contributed by atoms with E-state index in [9.17, 15) is 0 Å². The Labute approximate surface area is 264 Å². The Balaban J connectivity index is 1.18. The smallest absolute Gasteiger partial charge is 0.0541 e. The molecule has 1 heterocycles. The zero-order chi connectivity index (χ0) is 30.5. The third-order valence-electron chi connectivity index (χ3n) is 11.1. The largest absolute Gasteiger partial charge is 0.309 e. The van der Waals surface area contributed by atoms with Crippen molar-refractivity contribution in [1.82, 2.24) is 4.57 Å². The van der Waals surface area contributed by atoms with Gasteiger partial charge in [0.1, 0.15) is 0 Å². The highest BCUT2D eigenvalue weighted by Crippen LogP contribution is 2.55. The third-order valence-corrected chi connectivity index (χ3v) is 11.1. The Morgan fingerprint density at radius 3 is 1.64 bits per heavy atom. The van der Waals surface area contributed by atoms with Gasteiger partial charge >= 0.3 is 0 Å². The molecule has 1 aliphatic carbocycles. The Hall–Kier alpha value is -5.14. The van der Waals surface area contributed by atoms with Crippen molar-refractivity contribution in [2.45, 2.75) is 38.5 Å². The molecule has 0 saturated heterocycles. The zero-order valence-corrected chi connectivity index (χ0v) is 26.2. The fraction of sp³-hybridized carbons (Fsp3) is 0.136. The van der Waals surface area contributed by atoms with E-state index >= 15 is 0 Å². The minimum Gasteiger partial charge on any atom is -0.309 e. The standard InChI is InChI=1S/C44H35N/c1-43(2)39-26-30(28-19-22-32(23-20-28)45-41-15-9-7-13-35(41)36-14-8-10-16-42(36)45)21-24-34(39)38-25-31-18-17-29-11-5-6-12-33(29)37(31)27-40(38)44(43,3)4/h5-27H,1-4H3. The van der Waals surface area contributed by atoms with Crippen LogP contribution in [0.1, 0.15) is 38.8 Å². The van der Waals surface area contributed by atoms with Gasteiger partial charge in [-0.25, -0.2) is 0 Å². The van der Waals surface area contributed by atoms with E-state index < -0.39 is 0 Å². The minimum absolute atomic E-state index is 0.0561. The lowest BCUT2D eigenvalue weighted by molar-refractivity contribution is 0.299. The zero-order valence-electron chi connectivity index (χ0n) is 26.2. The molecule has 0 spiro atoms. The fourth-order valence-electron chi connectivity index (χ4n) is 7.95. The predicted octanol–water partition coefficient (Wildman–Crippen LogP) is 12.0. The molecule has 0 aliphatic heterocycles. The van der Waals surface area contributed by atoms with Crippen LogP contribution in [0.5, 0.6) is 0 Å². The predicted molar refractivity (Wildman–Crippen MR) is 193 cm³/mol. The van der Waals surface area contributed by atoms with E-state index in [1.807, 2.05) is 0 Å². The molecule has 0 N–H and O–H groups in total. The van der Waals surface area contributed by atoms with Gasteiger partial charge in [-0.1, -0.05) is 125 Å². The summed E-state index contributed by atoms with van der Waals surface area (Å²) in [6.45, 7) is 9.71. The summed E-state index contributed by atoms with van der Waals surface area (Å²) >= 11 is 0. The molecule has 9 rings (SSSR count). The van der Waals surface area contributed by atoms with E-state index in [1.54, 1.807) is 0 Å². The van der Waals surface area contributed by atoms with Crippen molar-refractivity contribution < 1.29 is 0 Å². The number of hydrogen-bond acceptors (Lipinski definition) is 0. The van der Waals surface area contributed by atoms with Gasteiger partial charge in [0.25, 0.3) is 0 Å². The molecule has 1 aliphatic rings. The summed E-state index contributed by atoms with van der Waals surface area (Å²) in [5, 5.41) is 7.86. The van der Waals surface area contributed by atoms with Crippen LogP contribution in [-0.4, -0.2) is 4.57 Å². The van der Waals surface area contributed by atoms with Gasteiger partial charge in [-0.15, -0.1) is 0 Å². The molecule has 0 unspecified atom stereocenters. The first-order valence-electron chi connectivity index (χ1n) is 16.0. The highest BCUT2D eigenvalue weighted by Gasteiger charge is 2.46. The maximum atomic E-state index is 2.49. The van der Waals surface area contributed by atoms with E-state index in [4.69, 9.17) is 0 Å². The molecule has 216 valence electrons. The van der Waals surface area contributed by atoms with Crippen molar-refractivity contribution in [1.29, 1.82) is 0 Å². The number of hydrogen-bond donors (Lipinski definition) is 0. The average Bonchev–Trinajstić information content (AvgIpc) is 3.41. The molecule has 45 heavy (non-hydrogen) atoms. The average molecular weight is 578 g/mol. The van der Waals surface area contributed by atoms with Crippen molar-refractivity contribution in [2.75, 3.05) is 0 Å². The summed E-state index contributed by atoms with van der Waals surface area (Å²) in [7, 11) is 0. The lowest BCUT2D eigenvalue weighted by Crippen LogP contribution is -2.43. The van der Waals surface area contributed by atoms with E-state index in [-0.39, 0.29) is 10.8 Å². The molecule has 1 nitrogen and oxygen atoms in total. The van der Waals surface area contributed by atoms with Crippen molar-refractivity contribution in [2.24, 2.45) is 0 Å². The van der Waals surface area contributed by atoms with E-state index in [0.717, 1.165) is 0 Å². The summed E-state index contributed by atoms with van der Waals surface area (Å²) in [5.74, 6) is 0. The second-order valence-electron chi connectivity index (χ2n) is 13.8. The van der Waals surface area contributed by atoms with Gasteiger partial charge in [0.2, 0.25) is 0 Å². The molecule has 0 bridgehead atoms. The van der Waals surface area contributed by atoms with E-state index in [0.29, 0.717) is 0 Å². The third kappa shape index (κ3) is 3.61. The highest BCUT2D eigenvalue weighted by molar-refractivity contribution is 6.10. The molecule has 0 atom stereocenters. The number of nitrogens with zero attached hydrogens (tertiary/aromatic N) is 1. The number of benzene rings is 7. The van der Waals surface area contributed by atoms with Crippen LogP contribution in [0.3, 0.4) is 0 Å². The summed E-state index contributed by atoms with van der Waals surface area (Å²) < 4.78 is 2.39. The first-order chi connectivity index (χ1) is 21.8. The van der Waals surface area contributed by atoms with Crippen LogP contribution < -0.4 is 0 Å². The summed E-state index contributed by atoms with van der Waals surface area (Å²) in [5.41, 5.74) is 11.6. The molecule has 0 fully saturated rings. The van der Waals surface area contributed by atoms with Gasteiger partial charge in [0.05, 0.1) is 11.0 Å². The van der Waals surface area contributed by atoms with Crippen LogP contribution in [0, 0.1) is 0 Å². The summed E-state index contributed by atoms with van der Waals surface area (Å²) in [4.78, 5) is 0. The second kappa shape index (κ2) is 9.19. The Morgan fingerprint density at radius 2 is 0.956 bits per heavy atom. The topological polar surface area (TPSA) is 4.93 Å². The van der Waals surface area contributed by atoms with Gasteiger partial charge in [-0.05, 0) is 108 Å². The molecule has 1 aromatic heterocycles. The molecule has 0 saturated carbocycles. The van der Waals surface area contributed by atoms with Crippen molar-refractivity contribution in [3.8, 4) is 27.9 Å². The molecular weight excluding hydrogens is 542 g/mol. The van der Waals surface area contributed by atoms with Crippen molar-refractivity contribution in [3.63, 3.8) is 0 Å². The molecular formula is C44H35N. The van der Waals surface area contributed by atoms with Gasteiger partial charge in [-0.3, -0.25) is 0 Å². The quantitative estimate of drug-likeness (QED) is 0.180. The lowest BCUT2D eigenvalue weighted by atomic mass is 9.55. The molecule has 8 aromatic rings. The highest BCUT2D eigenvalue weighted by atomic mass is 15.0. The fourth-order valence-corrected chi connectivity index (χ4v) is 7.95. The summed E-state index contributed by atoms with van der Waals surface area (Å²) in [6.07, 6.45) is 0. The van der Waals surface area contributed by atoms with Gasteiger partial charge in [0.15, 0.2) is 0 Å². The van der Waals surface area contributed by atoms with Gasteiger partial charge < -0.3 is 4.57 Å². The Bertz CT molecular complexity index is 2420. The minimum atomic E-state index is -0.0630. The maximum Gasteiger partial charge on any atom is 0.0541 e. The van der Waals surface area contributed by atoms with Crippen molar-refractivity contribution >= 4 is 43.4 Å². The van der Waals surface area contributed by atoms with Crippen LogP contribution in [0.2, 0.25) is 0 Å². The SMILES string of the molecule is CC1(C)c2cc(-c3ccc(-n4c5ccccc5c5ccccc54)cc3)ccc2-c2cc3ccc4ccccc4c3cc2C1(C)C. The van der Waals surface area contributed by atoms with Crippen LogP contribution in [-0.2, 0) is 10.8 Å². The number of rotatable bonds is 2. The van der Waals surface area contributed by atoms with E-state index in [2.05, 4.69) is 172 Å². The first-order valence-corrected chi connectivity index (χ1v) is 16.0. The molecule has 0 radical (unpaired) electrons. The number of para-hydroxylation sites is 2. The number of fused-ring (bicyclic) bond motifs is 9. The molecule has 1 heteroatoms. The van der Waals surface area contributed by atoms with Crippen LogP contribution >= 0.6 is 0 Å². The van der Waals surface area contributed by atoms with Crippen LogP contribution in [0.25, 0.3) is 71.3 Å².